The van der Waals surface area contributed by atoms with Crippen molar-refractivity contribution < 1.29 is 17.2 Å². The lowest BCUT2D eigenvalue weighted by Gasteiger charge is -2.56. The minimum absolute atomic E-state index is 0.0435. The van der Waals surface area contributed by atoms with Crippen molar-refractivity contribution in [3.05, 3.63) is 87.9 Å². The van der Waals surface area contributed by atoms with Crippen LogP contribution in [0.15, 0.2) is 59.7 Å². The minimum Gasteiger partial charge on any atom is -0.305 e. The van der Waals surface area contributed by atoms with Crippen LogP contribution in [0.2, 0.25) is 10.2 Å². The van der Waals surface area contributed by atoms with Crippen molar-refractivity contribution in [1.82, 2.24) is 14.3 Å². The molecule has 16 heteroatoms. The monoisotopic (exact) mass is 583 g/mol. The third-order valence-electron chi connectivity index (χ3n) is 8.37. The summed E-state index contributed by atoms with van der Waals surface area (Å²) in [7, 11) is 37.4. The molecule has 2 aromatic carbocycles. The lowest BCUT2D eigenvalue weighted by atomic mass is 9.18. The van der Waals surface area contributed by atoms with Gasteiger partial charge in [0.05, 0.1) is 66.9 Å². The van der Waals surface area contributed by atoms with Crippen molar-refractivity contribution in [1.29, 1.82) is 0 Å². The molecule has 43 heavy (non-hydrogen) atoms. The minimum atomic E-state index is -4.46. The van der Waals surface area contributed by atoms with Crippen molar-refractivity contribution >= 4 is 64.9 Å². The SMILES string of the molecule is [B]C([B])([B])C([B])(n1cnc2c(c1=O)C(Cc1cccc(-c3ccccc3)c1F)C(NS(=O)(=O)C1(F)CC1)CC2)C([B])([B])[B]. The third kappa shape index (κ3) is 5.51. The number of fused-ring (bicyclic) bond motifs is 1. The van der Waals surface area contributed by atoms with Gasteiger partial charge in [-0.2, -0.15) is 0 Å². The number of benzene rings is 2. The van der Waals surface area contributed by atoms with Gasteiger partial charge in [0.15, 0.2) is 0 Å². The van der Waals surface area contributed by atoms with Crippen LogP contribution >= 0.6 is 0 Å². The van der Waals surface area contributed by atoms with Crippen molar-refractivity contribution in [2.24, 2.45) is 0 Å². The molecule has 0 bridgehead atoms. The van der Waals surface area contributed by atoms with E-state index in [1.165, 1.54) is 6.07 Å². The number of nitrogens with zero attached hydrogens (tertiary/aromatic N) is 2. The number of aromatic nitrogens is 2. The summed E-state index contributed by atoms with van der Waals surface area (Å²) in [6, 6.07) is 12.6. The smallest absolute Gasteiger partial charge is 0.256 e. The number of aryl methyl sites for hydroxylation is 1. The fraction of sp³-hybridized carbons (Fsp3) is 0.407. The Balaban J connectivity index is 1.68. The largest absolute Gasteiger partial charge is 0.305 e. The van der Waals surface area contributed by atoms with Gasteiger partial charge in [0.2, 0.25) is 15.0 Å². The van der Waals surface area contributed by atoms with Crippen LogP contribution < -0.4 is 10.3 Å². The van der Waals surface area contributed by atoms with Gasteiger partial charge in [0, 0.05) is 35.9 Å². The quantitative estimate of drug-likeness (QED) is 0.383. The van der Waals surface area contributed by atoms with Crippen LogP contribution in [0, 0.1) is 5.82 Å². The second kappa shape index (κ2) is 10.9. The van der Waals surface area contributed by atoms with E-state index >= 15 is 4.39 Å². The highest BCUT2D eigenvalue weighted by Gasteiger charge is 2.57. The average Bonchev–Trinajstić information content (AvgIpc) is 3.69. The molecule has 1 aromatic heterocycles. The van der Waals surface area contributed by atoms with Crippen LogP contribution in [-0.4, -0.2) is 83.9 Å². The molecule has 3 aromatic rings. The number of nitrogens with one attached hydrogen (secondary N) is 1. The average molecular weight is 582 g/mol. The molecule has 14 radical (unpaired) electrons. The lowest BCUT2D eigenvalue weighted by molar-refractivity contribution is 0.364. The Morgan fingerprint density at radius 3 is 2.19 bits per heavy atom. The van der Waals surface area contributed by atoms with Gasteiger partial charge < -0.3 is 4.57 Å². The van der Waals surface area contributed by atoms with Crippen LogP contribution in [0.25, 0.3) is 11.1 Å². The second-order valence-corrected chi connectivity index (χ2v) is 13.5. The van der Waals surface area contributed by atoms with E-state index in [0.29, 0.717) is 15.7 Å². The van der Waals surface area contributed by atoms with Gasteiger partial charge in [-0.1, -0.05) is 48.5 Å². The fourth-order valence-corrected chi connectivity index (χ4v) is 7.22. The van der Waals surface area contributed by atoms with Gasteiger partial charge in [0.25, 0.3) is 5.56 Å². The van der Waals surface area contributed by atoms with E-state index in [0.717, 1.165) is 6.33 Å². The molecule has 204 valence electrons. The van der Waals surface area contributed by atoms with Crippen molar-refractivity contribution in [3.63, 3.8) is 0 Å². The van der Waals surface area contributed by atoms with E-state index in [-0.39, 0.29) is 48.9 Å². The maximum atomic E-state index is 16.0. The molecule has 2 unspecified atom stereocenters. The first-order valence-corrected chi connectivity index (χ1v) is 15.1. The van der Waals surface area contributed by atoms with Crippen LogP contribution in [0.5, 0.6) is 0 Å². The summed E-state index contributed by atoms with van der Waals surface area (Å²) in [5.41, 5.74) is -2.07. The fourth-order valence-electron chi connectivity index (χ4n) is 5.68. The van der Waals surface area contributed by atoms with Gasteiger partial charge in [-0.3, -0.25) is 4.79 Å². The molecule has 6 nitrogen and oxygen atoms in total. The molecule has 2 atom stereocenters. The van der Waals surface area contributed by atoms with Gasteiger partial charge in [-0.25, -0.2) is 26.9 Å². The zero-order valence-corrected chi connectivity index (χ0v) is 24.0. The van der Waals surface area contributed by atoms with E-state index in [2.05, 4.69) is 9.71 Å². The summed E-state index contributed by atoms with van der Waals surface area (Å²) in [6.07, 6.45) is 0.763. The van der Waals surface area contributed by atoms with Crippen LogP contribution in [0.4, 0.5) is 8.78 Å². The normalized spacial score (nSPS) is 20.3. The first-order chi connectivity index (χ1) is 19.9. The summed E-state index contributed by atoms with van der Waals surface area (Å²) in [5.74, 6) is -1.62. The molecule has 0 saturated heterocycles. The maximum Gasteiger partial charge on any atom is 0.256 e. The summed E-state index contributed by atoms with van der Waals surface area (Å²) >= 11 is 0. The predicted octanol–water partition coefficient (Wildman–Crippen LogP) is 1.05. The highest BCUT2D eigenvalue weighted by Crippen LogP contribution is 2.47. The van der Waals surface area contributed by atoms with Crippen molar-refractivity contribution in [2.75, 3.05) is 0 Å². The summed E-state index contributed by atoms with van der Waals surface area (Å²) < 4.78 is 60.0. The van der Waals surface area contributed by atoms with Gasteiger partial charge in [0.1, 0.15) is 5.82 Å². The molecule has 1 fully saturated rings. The highest BCUT2D eigenvalue weighted by atomic mass is 32.2. The molecule has 1 N–H and O–H groups in total. The molecule has 2 aliphatic carbocycles. The Morgan fingerprint density at radius 2 is 1.60 bits per heavy atom. The van der Waals surface area contributed by atoms with E-state index in [9.17, 15) is 17.6 Å². The first-order valence-electron chi connectivity index (χ1n) is 13.6. The Morgan fingerprint density at radius 1 is 0.977 bits per heavy atom. The van der Waals surface area contributed by atoms with Crippen molar-refractivity contribution in [3.8, 4) is 11.1 Å². The van der Waals surface area contributed by atoms with Crippen molar-refractivity contribution in [2.45, 2.75) is 64.7 Å². The molecule has 2 aliphatic rings. The zero-order valence-electron chi connectivity index (χ0n) is 23.2. The Bertz CT molecular complexity index is 1700. The first kappa shape index (κ1) is 32.0. The topological polar surface area (TPSA) is 81.1 Å². The second-order valence-electron chi connectivity index (χ2n) is 11.5. The highest BCUT2D eigenvalue weighted by molar-refractivity contribution is 7.91. The van der Waals surface area contributed by atoms with Crippen LogP contribution in [0.3, 0.4) is 0 Å². The number of rotatable bonds is 9. The maximum absolute atomic E-state index is 16.0. The third-order valence-corrected chi connectivity index (χ3v) is 10.4. The standard InChI is InChI=1S/C27H22B7F2N3O3S/c28-25(26(29,30)31,27(32,33)34)39-14-37-20-10-9-19(38-43(41,42)24(36)11-12-24)18(21(20)23(39)40)13-16-7-4-8-17(22(16)35)15-5-2-1-3-6-15/h1-8,14,18-19,38H,9-13H2. The predicted molar refractivity (Wildman–Crippen MR) is 168 cm³/mol. The summed E-state index contributed by atoms with van der Waals surface area (Å²) in [4.78, 5) is 18.6. The Hall–Kier alpha value is -2.46. The number of sulfonamides is 1. The van der Waals surface area contributed by atoms with E-state index in [1.54, 1.807) is 42.5 Å². The molecule has 0 spiro atoms. The van der Waals surface area contributed by atoms with Gasteiger partial charge >= 0.3 is 0 Å². The number of alkyl halides is 1. The summed E-state index contributed by atoms with van der Waals surface area (Å²) in [6.45, 7) is 0. The molecule has 5 rings (SSSR count). The van der Waals surface area contributed by atoms with E-state index in [4.69, 9.17) is 54.9 Å². The van der Waals surface area contributed by atoms with Gasteiger partial charge in [-0.05, 0) is 35.8 Å². The number of hydrogen-bond acceptors (Lipinski definition) is 4. The number of hydrogen-bond donors (Lipinski definition) is 1. The van der Waals surface area contributed by atoms with E-state index in [1.807, 2.05) is 0 Å². The molecule has 1 saturated carbocycles. The molecule has 0 aliphatic heterocycles. The summed E-state index contributed by atoms with van der Waals surface area (Å²) in [5, 5.41) is -7.34. The lowest BCUT2D eigenvalue weighted by Crippen LogP contribution is -2.61. The van der Waals surface area contributed by atoms with Crippen LogP contribution in [0.1, 0.15) is 42.0 Å². The zero-order chi connectivity index (χ0) is 31.6. The Kier molecular flexibility index (Phi) is 8.07. The molecule has 0 amide bonds. The van der Waals surface area contributed by atoms with Crippen LogP contribution in [-0.2, 0) is 28.3 Å². The molecular weight excluding hydrogens is 560 g/mol. The number of halogens is 2. The molecular formula is C27H22B7F2N3O3S. The van der Waals surface area contributed by atoms with Gasteiger partial charge in [-0.15, -0.1) is 10.2 Å². The Labute approximate surface area is 259 Å². The van der Waals surface area contributed by atoms with E-state index < -0.39 is 54.0 Å². The molecule has 1 heterocycles.